The lowest BCUT2D eigenvalue weighted by molar-refractivity contribution is 0.143. The van der Waals surface area contributed by atoms with E-state index in [1.165, 1.54) is 11.1 Å². The third-order valence-electron chi connectivity index (χ3n) is 5.41. The molecule has 0 atom stereocenters. The number of fused-ring (bicyclic) bond motifs is 1. The van der Waals surface area contributed by atoms with Crippen LogP contribution in [0.1, 0.15) is 22.3 Å². The number of nitrogens with one attached hydrogen (secondary N) is 1. The molecule has 0 radical (unpaired) electrons. The molecule has 6 heteroatoms. The highest BCUT2D eigenvalue weighted by Gasteiger charge is 2.22. The highest BCUT2D eigenvalue weighted by Crippen LogP contribution is 2.33. The third-order valence-corrected chi connectivity index (χ3v) is 5.41. The molecule has 2 amide bonds. The maximum absolute atomic E-state index is 12.7. The topological polar surface area (TPSA) is 54.0 Å². The molecule has 1 saturated heterocycles. The molecule has 6 nitrogen and oxygen atoms in total. The van der Waals surface area contributed by atoms with Crippen LogP contribution in [-0.2, 0) is 6.54 Å². The molecule has 0 bridgehead atoms. The number of piperazine rings is 1. The molecule has 0 saturated carbocycles. The van der Waals surface area contributed by atoms with Crippen molar-refractivity contribution in [3.05, 3.63) is 52.6 Å². The number of carbonyl (C=O) groups is 1. The Labute approximate surface area is 166 Å². The molecule has 2 aliphatic heterocycles. The monoisotopic (exact) mass is 381 g/mol. The van der Waals surface area contributed by atoms with Gasteiger partial charge in [-0.05, 0) is 49.6 Å². The molecule has 0 spiro atoms. The first-order chi connectivity index (χ1) is 13.5. The number of nitrogens with zero attached hydrogens (tertiary/aromatic N) is 2. The Morgan fingerprint density at radius 1 is 0.964 bits per heavy atom. The van der Waals surface area contributed by atoms with Gasteiger partial charge in [-0.3, -0.25) is 4.90 Å². The van der Waals surface area contributed by atoms with E-state index in [1.54, 1.807) is 0 Å². The van der Waals surface area contributed by atoms with E-state index in [0.717, 1.165) is 61.0 Å². The van der Waals surface area contributed by atoms with Crippen LogP contribution in [0.15, 0.2) is 30.3 Å². The minimum atomic E-state index is -0.0159. The molecular formula is C22H27N3O3. The van der Waals surface area contributed by atoms with Crippen LogP contribution in [0.5, 0.6) is 11.5 Å². The van der Waals surface area contributed by atoms with E-state index in [-0.39, 0.29) is 6.03 Å². The smallest absolute Gasteiger partial charge is 0.321 e. The molecule has 1 fully saturated rings. The second kappa shape index (κ2) is 7.72. The van der Waals surface area contributed by atoms with Gasteiger partial charge in [-0.2, -0.15) is 0 Å². The zero-order chi connectivity index (χ0) is 19.7. The zero-order valence-corrected chi connectivity index (χ0v) is 16.7. The molecule has 2 heterocycles. The van der Waals surface area contributed by atoms with E-state index >= 15 is 0 Å². The molecule has 28 heavy (non-hydrogen) atoms. The van der Waals surface area contributed by atoms with Gasteiger partial charge in [0.25, 0.3) is 0 Å². The normalized spacial score (nSPS) is 16.3. The Bertz CT molecular complexity index is 866. The van der Waals surface area contributed by atoms with E-state index in [1.807, 2.05) is 30.9 Å². The summed E-state index contributed by atoms with van der Waals surface area (Å²) in [5.41, 5.74) is 5.55. The lowest BCUT2D eigenvalue weighted by atomic mass is 10.1. The number of urea groups is 1. The SMILES string of the molecule is Cc1cc(C)c(NC(=O)N2CCN(Cc3ccc4c(c3)OCO4)CC2)c(C)c1. The fourth-order valence-electron chi connectivity index (χ4n) is 3.97. The zero-order valence-electron chi connectivity index (χ0n) is 16.7. The van der Waals surface area contributed by atoms with Crippen molar-refractivity contribution in [2.75, 3.05) is 38.3 Å². The van der Waals surface area contributed by atoms with Gasteiger partial charge in [0.2, 0.25) is 6.79 Å². The van der Waals surface area contributed by atoms with E-state index < -0.39 is 0 Å². The van der Waals surface area contributed by atoms with Crippen LogP contribution < -0.4 is 14.8 Å². The lowest BCUT2D eigenvalue weighted by Crippen LogP contribution is -2.49. The molecule has 2 aromatic rings. The number of hydrogen-bond acceptors (Lipinski definition) is 4. The Hall–Kier alpha value is -2.73. The first-order valence-electron chi connectivity index (χ1n) is 9.74. The molecule has 2 aromatic carbocycles. The van der Waals surface area contributed by atoms with Crippen molar-refractivity contribution < 1.29 is 14.3 Å². The highest BCUT2D eigenvalue weighted by atomic mass is 16.7. The summed E-state index contributed by atoms with van der Waals surface area (Å²) < 4.78 is 10.8. The molecule has 4 rings (SSSR count). The van der Waals surface area contributed by atoms with Crippen molar-refractivity contribution in [1.82, 2.24) is 9.80 Å². The standard InChI is InChI=1S/C22H27N3O3/c1-15-10-16(2)21(17(3)11-15)23-22(26)25-8-6-24(7-9-25)13-18-4-5-19-20(12-18)28-14-27-19/h4-5,10-12H,6-9,13-14H2,1-3H3,(H,23,26). The third kappa shape index (κ3) is 3.92. The largest absolute Gasteiger partial charge is 0.454 e. The number of aryl methyl sites for hydroxylation is 3. The quantitative estimate of drug-likeness (QED) is 0.881. The van der Waals surface area contributed by atoms with Crippen LogP contribution >= 0.6 is 0 Å². The van der Waals surface area contributed by atoms with Gasteiger partial charge in [-0.25, -0.2) is 4.79 Å². The number of ether oxygens (including phenoxy) is 2. The maximum Gasteiger partial charge on any atom is 0.321 e. The van der Waals surface area contributed by atoms with Crippen molar-refractivity contribution in [3.63, 3.8) is 0 Å². The number of anilines is 1. The lowest BCUT2D eigenvalue weighted by Gasteiger charge is -2.35. The average molecular weight is 381 g/mol. The van der Waals surface area contributed by atoms with Crippen LogP contribution in [0, 0.1) is 20.8 Å². The average Bonchev–Trinajstić information content (AvgIpc) is 3.13. The van der Waals surface area contributed by atoms with Gasteiger partial charge in [0.05, 0.1) is 0 Å². The van der Waals surface area contributed by atoms with E-state index in [9.17, 15) is 4.79 Å². The Morgan fingerprint density at radius 2 is 1.64 bits per heavy atom. The van der Waals surface area contributed by atoms with Gasteiger partial charge in [0.1, 0.15) is 0 Å². The van der Waals surface area contributed by atoms with E-state index in [2.05, 4.69) is 35.3 Å². The van der Waals surface area contributed by atoms with Gasteiger partial charge >= 0.3 is 6.03 Å². The first kappa shape index (κ1) is 18.6. The fourth-order valence-corrected chi connectivity index (χ4v) is 3.97. The second-order valence-electron chi connectivity index (χ2n) is 7.65. The van der Waals surface area contributed by atoms with Gasteiger partial charge in [0.15, 0.2) is 11.5 Å². The molecular weight excluding hydrogens is 354 g/mol. The predicted molar refractivity (Wildman–Crippen MR) is 109 cm³/mol. The molecule has 0 aromatic heterocycles. The van der Waals surface area contributed by atoms with Gasteiger partial charge in [-0.15, -0.1) is 0 Å². The van der Waals surface area contributed by atoms with Crippen LogP contribution in [0.4, 0.5) is 10.5 Å². The number of carbonyl (C=O) groups excluding carboxylic acids is 1. The van der Waals surface area contributed by atoms with Gasteiger partial charge in [-0.1, -0.05) is 23.8 Å². The summed E-state index contributed by atoms with van der Waals surface area (Å²) in [6.07, 6.45) is 0. The molecule has 1 N–H and O–H groups in total. The Balaban J connectivity index is 1.32. The molecule has 148 valence electrons. The van der Waals surface area contributed by atoms with E-state index in [0.29, 0.717) is 6.79 Å². The minimum absolute atomic E-state index is 0.0159. The van der Waals surface area contributed by atoms with Crippen molar-refractivity contribution in [2.45, 2.75) is 27.3 Å². The predicted octanol–water partition coefficient (Wildman–Crippen LogP) is 3.69. The number of benzene rings is 2. The van der Waals surface area contributed by atoms with Crippen molar-refractivity contribution in [2.24, 2.45) is 0 Å². The maximum atomic E-state index is 12.7. The summed E-state index contributed by atoms with van der Waals surface area (Å²) >= 11 is 0. The summed E-state index contributed by atoms with van der Waals surface area (Å²) in [6.45, 7) is 10.5. The number of rotatable bonds is 3. The molecule has 0 unspecified atom stereocenters. The van der Waals surface area contributed by atoms with E-state index in [4.69, 9.17) is 9.47 Å². The summed E-state index contributed by atoms with van der Waals surface area (Å²) in [4.78, 5) is 17.0. The van der Waals surface area contributed by atoms with Crippen LogP contribution in [0.2, 0.25) is 0 Å². The number of amides is 2. The van der Waals surface area contributed by atoms with Crippen LogP contribution in [0.25, 0.3) is 0 Å². The summed E-state index contributed by atoms with van der Waals surface area (Å²) in [5.74, 6) is 1.63. The summed E-state index contributed by atoms with van der Waals surface area (Å²) in [5, 5.41) is 3.11. The van der Waals surface area contributed by atoms with Crippen molar-refractivity contribution in [3.8, 4) is 11.5 Å². The molecule has 2 aliphatic rings. The van der Waals surface area contributed by atoms with Gasteiger partial charge in [0, 0.05) is 38.4 Å². The first-order valence-corrected chi connectivity index (χ1v) is 9.74. The second-order valence-corrected chi connectivity index (χ2v) is 7.65. The van der Waals surface area contributed by atoms with Gasteiger partial charge < -0.3 is 19.7 Å². The van der Waals surface area contributed by atoms with Crippen molar-refractivity contribution >= 4 is 11.7 Å². The summed E-state index contributed by atoms with van der Waals surface area (Å²) in [6, 6.07) is 10.3. The van der Waals surface area contributed by atoms with Crippen LogP contribution in [0.3, 0.4) is 0 Å². The Morgan fingerprint density at radius 3 is 2.36 bits per heavy atom. The van der Waals surface area contributed by atoms with Crippen molar-refractivity contribution in [1.29, 1.82) is 0 Å². The highest BCUT2D eigenvalue weighted by molar-refractivity contribution is 5.91. The van der Waals surface area contributed by atoms with Crippen LogP contribution in [-0.4, -0.2) is 48.8 Å². The number of hydrogen-bond donors (Lipinski definition) is 1. The Kier molecular flexibility index (Phi) is 5.13. The fraction of sp³-hybridized carbons (Fsp3) is 0.409. The molecule has 0 aliphatic carbocycles. The minimum Gasteiger partial charge on any atom is -0.454 e. The summed E-state index contributed by atoms with van der Waals surface area (Å²) in [7, 11) is 0.